The lowest BCUT2D eigenvalue weighted by Gasteiger charge is -2.32. The van der Waals surface area contributed by atoms with Crippen LogP contribution in [0.4, 0.5) is 5.69 Å². The molecule has 1 atom stereocenters. The molecule has 9 heteroatoms. The number of benzene rings is 3. The summed E-state index contributed by atoms with van der Waals surface area (Å²) >= 11 is 3.47. The molecule has 1 N–H and O–H groups in total. The lowest BCUT2D eigenvalue weighted by molar-refractivity contribution is -0.139. The summed E-state index contributed by atoms with van der Waals surface area (Å²) in [6.45, 7) is 9.56. The van der Waals surface area contributed by atoms with Crippen LogP contribution in [0.5, 0.6) is 0 Å². The lowest BCUT2D eigenvalue weighted by atomic mass is 10.1. The van der Waals surface area contributed by atoms with Crippen molar-refractivity contribution in [2.45, 2.75) is 64.9 Å². The Morgan fingerprint density at radius 3 is 2.17 bits per heavy atom. The van der Waals surface area contributed by atoms with Gasteiger partial charge in [0, 0.05) is 17.6 Å². The summed E-state index contributed by atoms with van der Waals surface area (Å²) in [7, 11) is -4.10. The van der Waals surface area contributed by atoms with Crippen molar-refractivity contribution >= 4 is 43.5 Å². The van der Waals surface area contributed by atoms with Gasteiger partial charge in [0.15, 0.2) is 0 Å². The Labute approximate surface area is 246 Å². The van der Waals surface area contributed by atoms with Crippen molar-refractivity contribution < 1.29 is 18.0 Å². The van der Waals surface area contributed by atoms with E-state index in [4.69, 9.17) is 0 Å². The summed E-state index contributed by atoms with van der Waals surface area (Å²) < 4.78 is 29.9. The summed E-state index contributed by atoms with van der Waals surface area (Å²) in [6.07, 6.45) is 1.75. The number of hydrogen-bond donors (Lipinski definition) is 1. The van der Waals surface area contributed by atoms with Crippen LogP contribution in [0.25, 0.3) is 0 Å². The van der Waals surface area contributed by atoms with Gasteiger partial charge >= 0.3 is 0 Å². The zero-order valence-electron chi connectivity index (χ0n) is 23.8. The molecule has 0 heterocycles. The van der Waals surface area contributed by atoms with Gasteiger partial charge in [0.2, 0.25) is 11.8 Å². The van der Waals surface area contributed by atoms with E-state index >= 15 is 0 Å². The van der Waals surface area contributed by atoms with E-state index in [1.165, 1.54) is 4.90 Å². The van der Waals surface area contributed by atoms with Crippen LogP contribution in [0.15, 0.2) is 76.1 Å². The van der Waals surface area contributed by atoms with Gasteiger partial charge < -0.3 is 10.2 Å². The second kappa shape index (κ2) is 13.9. The number of sulfonamides is 1. The van der Waals surface area contributed by atoms with Crippen molar-refractivity contribution in [3.05, 3.63) is 93.5 Å². The Kier molecular flexibility index (Phi) is 10.9. The van der Waals surface area contributed by atoms with Crippen molar-refractivity contribution in [2.24, 2.45) is 0 Å². The van der Waals surface area contributed by atoms with Crippen LogP contribution in [0.1, 0.15) is 48.9 Å². The van der Waals surface area contributed by atoms with E-state index in [0.717, 1.165) is 43.9 Å². The fourth-order valence-electron chi connectivity index (χ4n) is 4.41. The van der Waals surface area contributed by atoms with Crippen LogP contribution >= 0.6 is 15.9 Å². The third-order valence-electron chi connectivity index (χ3n) is 6.62. The average Bonchev–Trinajstić information content (AvgIpc) is 2.89. The Bertz CT molecular complexity index is 1420. The molecule has 0 fully saturated rings. The molecule has 3 aromatic carbocycles. The summed E-state index contributed by atoms with van der Waals surface area (Å²) in [5.41, 5.74) is 3.89. The number of nitrogens with zero attached hydrogens (tertiary/aromatic N) is 2. The molecule has 3 rings (SSSR count). The SMILES string of the molecule is CCCCNC(=O)C(C)N(Cc1cccc(Br)c1)C(=O)CN(c1cc(C)cc(C)c1)S(=O)(=O)c1ccc(C)cc1. The molecule has 7 nitrogen and oxygen atoms in total. The van der Waals surface area contributed by atoms with Gasteiger partial charge in [-0.05, 0) is 87.2 Å². The summed E-state index contributed by atoms with van der Waals surface area (Å²) in [6, 6.07) is 18.7. The molecule has 0 saturated carbocycles. The van der Waals surface area contributed by atoms with Crippen LogP contribution in [-0.2, 0) is 26.2 Å². The second-order valence-electron chi connectivity index (χ2n) is 10.1. The summed E-state index contributed by atoms with van der Waals surface area (Å²) in [4.78, 5) is 28.6. The summed E-state index contributed by atoms with van der Waals surface area (Å²) in [5, 5.41) is 2.90. The largest absolute Gasteiger partial charge is 0.354 e. The molecule has 3 aromatic rings. The predicted octanol–water partition coefficient (Wildman–Crippen LogP) is 5.90. The summed E-state index contributed by atoms with van der Waals surface area (Å²) in [5.74, 6) is -0.760. The van der Waals surface area contributed by atoms with E-state index in [0.29, 0.717) is 12.2 Å². The first-order valence-corrected chi connectivity index (χ1v) is 15.6. The van der Waals surface area contributed by atoms with Crippen molar-refractivity contribution in [3.63, 3.8) is 0 Å². The van der Waals surface area contributed by atoms with Gasteiger partial charge in [-0.25, -0.2) is 8.42 Å². The normalized spacial score (nSPS) is 12.1. The number of anilines is 1. The van der Waals surface area contributed by atoms with E-state index in [2.05, 4.69) is 21.2 Å². The lowest BCUT2D eigenvalue weighted by Crippen LogP contribution is -2.51. The molecule has 0 aliphatic heterocycles. The van der Waals surface area contributed by atoms with E-state index in [1.807, 2.05) is 58.0 Å². The number of halogens is 1. The van der Waals surface area contributed by atoms with E-state index in [-0.39, 0.29) is 17.3 Å². The number of unbranched alkanes of at least 4 members (excludes halogenated alkanes) is 1. The fraction of sp³-hybridized carbons (Fsp3) is 0.355. The number of hydrogen-bond acceptors (Lipinski definition) is 4. The standard InChI is InChI=1S/C31H38BrN3O4S/c1-6-7-15-33-31(37)25(5)34(20-26-9-8-10-27(32)19-26)30(36)21-35(28-17-23(3)16-24(4)18-28)40(38,39)29-13-11-22(2)12-14-29/h8-14,16-19,25H,6-7,15,20-21H2,1-5H3,(H,33,37). The molecule has 0 saturated heterocycles. The third kappa shape index (κ3) is 8.17. The molecule has 0 bridgehead atoms. The molecule has 2 amide bonds. The molecule has 0 spiro atoms. The maximum atomic E-state index is 14.0. The van der Waals surface area contributed by atoms with Crippen molar-refractivity contribution in [1.29, 1.82) is 0 Å². The molecular weight excluding hydrogens is 590 g/mol. The number of nitrogens with one attached hydrogen (secondary N) is 1. The third-order valence-corrected chi connectivity index (χ3v) is 8.90. The minimum atomic E-state index is -4.10. The Balaban J connectivity index is 2.03. The van der Waals surface area contributed by atoms with Crippen LogP contribution in [0.2, 0.25) is 0 Å². The van der Waals surface area contributed by atoms with Gasteiger partial charge in [0.1, 0.15) is 12.6 Å². The molecule has 1 unspecified atom stereocenters. The zero-order valence-corrected chi connectivity index (χ0v) is 26.2. The van der Waals surface area contributed by atoms with Crippen LogP contribution < -0.4 is 9.62 Å². The van der Waals surface area contributed by atoms with Crippen LogP contribution in [-0.4, -0.2) is 44.3 Å². The Morgan fingerprint density at radius 1 is 0.925 bits per heavy atom. The topological polar surface area (TPSA) is 86.8 Å². The van der Waals surface area contributed by atoms with Gasteiger partial charge in [-0.2, -0.15) is 0 Å². The highest BCUT2D eigenvalue weighted by Gasteiger charge is 2.32. The molecule has 0 aliphatic rings. The maximum Gasteiger partial charge on any atom is 0.264 e. The van der Waals surface area contributed by atoms with Crippen molar-refractivity contribution in [2.75, 3.05) is 17.4 Å². The van der Waals surface area contributed by atoms with Gasteiger partial charge in [-0.3, -0.25) is 13.9 Å². The highest BCUT2D eigenvalue weighted by Crippen LogP contribution is 2.27. The Morgan fingerprint density at radius 2 is 1.57 bits per heavy atom. The molecule has 214 valence electrons. The van der Waals surface area contributed by atoms with Crippen molar-refractivity contribution in [1.82, 2.24) is 10.2 Å². The highest BCUT2D eigenvalue weighted by atomic mass is 79.9. The van der Waals surface area contributed by atoms with E-state index < -0.39 is 28.5 Å². The van der Waals surface area contributed by atoms with Gasteiger partial charge in [-0.1, -0.05) is 65.2 Å². The first-order chi connectivity index (χ1) is 18.9. The quantitative estimate of drug-likeness (QED) is 0.253. The smallest absolute Gasteiger partial charge is 0.264 e. The highest BCUT2D eigenvalue weighted by molar-refractivity contribution is 9.10. The minimum Gasteiger partial charge on any atom is -0.354 e. The fourth-order valence-corrected chi connectivity index (χ4v) is 6.26. The minimum absolute atomic E-state index is 0.0916. The van der Waals surface area contributed by atoms with Gasteiger partial charge in [-0.15, -0.1) is 0 Å². The molecule has 40 heavy (non-hydrogen) atoms. The van der Waals surface area contributed by atoms with Crippen LogP contribution in [0, 0.1) is 20.8 Å². The first kappa shape index (κ1) is 31.4. The Hall–Kier alpha value is -3.17. The van der Waals surface area contributed by atoms with Crippen LogP contribution in [0.3, 0.4) is 0 Å². The number of rotatable bonds is 12. The van der Waals surface area contributed by atoms with Gasteiger partial charge in [0.25, 0.3) is 10.0 Å². The molecule has 0 aliphatic carbocycles. The maximum absolute atomic E-state index is 14.0. The second-order valence-corrected chi connectivity index (χ2v) is 12.9. The monoisotopic (exact) mass is 627 g/mol. The predicted molar refractivity (Wildman–Crippen MR) is 164 cm³/mol. The number of aryl methyl sites for hydroxylation is 3. The van der Waals surface area contributed by atoms with Crippen molar-refractivity contribution in [3.8, 4) is 0 Å². The number of carbonyl (C=O) groups excluding carboxylic acids is 2. The van der Waals surface area contributed by atoms with E-state index in [9.17, 15) is 18.0 Å². The van der Waals surface area contributed by atoms with E-state index in [1.54, 1.807) is 43.3 Å². The number of carbonyl (C=O) groups is 2. The zero-order chi connectivity index (χ0) is 29.4. The van der Waals surface area contributed by atoms with Gasteiger partial charge in [0.05, 0.1) is 10.6 Å². The number of amides is 2. The molecule has 0 aromatic heterocycles. The first-order valence-electron chi connectivity index (χ1n) is 13.4. The molecular formula is C31H38BrN3O4S. The average molecular weight is 629 g/mol. The molecule has 0 radical (unpaired) electrons.